The molecule has 18 nitrogen and oxygen atoms in total. The van der Waals surface area contributed by atoms with Gasteiger partial charge in [0.15, 0.2) is 0 Å². The van der Waals surface area contributed by atoms with Gasteiger partial charge in [-0.2, -0.15) is 0 Å². The molecule has 3 N–H and O–H groups in total. The molecule has 3 aromatic carbocycles. The maximum absolute atomic E-state index is 13.1. The van der Waals surface area contributed by atoms with Gasteiger partial charge >= 0.3 is 11.4 Å². The SMILES string of the molecule is COc1ccc(C(OC[C@H]2O[C@@H](n3cc(C)c(=O)[nH]c3=O)C[C@@H]2OCn2cc([C@H]3O[C@@H](n4cc(C)c(=O)[nH]c4=O)C[C@@H]3O)nn2)(c2ccccc2)c2ccc(OC)cc2)cc1. The molecule has 2 fully saturated rings. The number of nitrogens with zero attached hydrogens (tertiary/aromatic N) is 5. The lowest BCUT2D eigenvalue weighted by atomic mass is 9.80. The number of nitrogens with one attached hydrogen (secondary N) is 2. The smallest absolute Gasteiger partial charge is 0.330 e. The second-order valence-corrected chi connectivity index (χ2v) is 15.0. The Morgan fingerprint density at radius 3 is 1.84 bits per heavy atom. The van der Waals surface area contributed by atoms with E-state index < -0.39 is 65.0 Å². The van der Waals surface area contributed by atoms with Crippen LogP contribution in [0.1, 0.15) is 64.9 Å². The molecule has 6 atom stereocenters. The van der Waals surface area contributed by atoms with Crippen LogP contribution < -0.4 is 32.0 Å². The van der Waals surface area contributed by atoms with Gasteiger partial charge in [0.25, 0.3) is 11.1 Å². The van der Waals surface area contributed by atoms with Crippen LogP contribution in [0.4, 0.5) is 0 Å². The van der Waals surface area contributed by atoms with Gasteiger partial charge in [0.1, 0.15) is 54.2 Å². The number of benzene rings is 3. The molecule has 61 heavy (non-hydrogen) atoms. The summed E-state index contributed by atoms with van der Waals surface area (Å²) in [7, 11) is 3.20. The predicted molar refractivity (Wildman–Crippen MR) is 217 cm³/mol. The van der Waals surface area contributed by atoms with Crippen LogP contribution in [0.2, 0.25) is 0 Å². The Morgan fingerprint density at radius 1 is 0.738 bits per heavy atom. The van der Waals surface area contributed by atoms with E-state index in [0.29, 0.717) is 28.3 Å². The number of hydrogen-bond acceptors (Lipinski definition) is 13. The lowest BCUT2D eigenvalue weighted by molar-refractivity contribution is -0.113. The van der Waals surface area contributed by atoms with Crippen LogP contribution >= 0.6 is 0 Å². The third-order valence-corrected chi connectivity index (χ3v) is 11.1. The molecule has 6 aromatic rings. The summed E-state index contributed by atoms with van der Waals surface area (Å²) >= 11 is 0. The molecule has 0 aliphatic carbocycles. The number of methoxy groups -OCH3 is 2. The Labute approximate surface area is 347 Å². The summed E-state index contributed by atoms with van der Waals surface area (Å²) in [6.45, 7) is 3.03. The van der Waals surface area contributed by atoms with Crippen LogP contribution in [-0.4, -0.2) is 78.3 Å². The molecular formula is C43H45N7O11. The van der Waals surface area contributed by atoms with Crippen molar-refractivity contribution in [2.45, 2.75) is 75.9 Å². The minimum Gasteiger partial charge on any atom is -0.497 e. The zero-order valence-corrected chi connectivity index (χ0v) is 33.8. The number of aliphatic hydroxyl groups is 1. The third-order valence-electron chi connectivity index (χ3n) is 11.1. The highest BCUT2D eigenvalue weighted by molar-refractivity contribution is 5.49. The van der Waals surface area contributed by atoms with Gasteiger partial charge in [0.05, 0.1) is 39.2 Å². The summed E-state index contributed by atoms with van der Waals surface area (Å²) in [5.41, 5.74) is -0.0839. The largest absolute Gasteiger partial charge is 0.497 e. The van der Waals surface area contributed by atoms with E-state index in [4.69, 9.17) is 28.4 Å². The number of aryl methyl sites for hydroxylation is 2. The second kappa shape index (κ2) is 17.3. The normalized spacial score (nSPS) is 21.5. The van der Waals surface area contributed by atoms with Crippen molar-refractivity contribution in [1.29, 1.82) is 0 Å². The minimum absolute atomic E-state index is 0.0269. The van der Waals surface area contributed by atoms with Crippen molar-refractivity contribution < 1.29 is 33.5 Å². The van der Waals surface area contributed by atoms with Crippen LogP contribution in [-0.2, 0) is 31.3 Å². The number of aromatic amines is 2. The summed E-state index contributed by atoms with van der Waals surface area (Å²) in [5.74, 6) is 1.34. The molecule has 0 radical (unpaired) electrons. The van der Waals surface area contributed by atoms with Crippen LogP contribution in [0.15, 0.2) is 117 Å². The van der Waals surface area contributed by atoms with Crippen molar-refractivity contribution in [1.82, 2.24) is 34.1 Å². The van der Waals surface area contributed by atoms with Crippen molar-refractivity contribution in [3.8, 4) is 11.5 Å². The molecule has 3 aromatic heterocycles. The number of ether oxygens (including phenoxy) is 6. The van der Waals surface area contributed by atoms with Crippen molar-refractivity contribution in [2.75, 3.05) is 20.8 Å². The first-order chi connectivity index (χ1) is 29.5. The van der Waals surface area contributed by atoms with Gasteiger partial charge in [-0.05, 0) is 54.8 Å². The molecule has 0 spiro atoms. The van der Waals surface area contributed by atoms with Gasteiger partial charge in [0, 0.05) is 36.4 Å². The van der Waals surface area contributed by atoms with Crippen molar-refractivity contribution >= 4 is 0 Å². The highest BCUT2D eigenvalue weighted by Gasteiger charge is 2.44. The minimum atomic E-state index is -1.18. The topological polar surface area (TPSA) is 216 Å². The van der Waals surface area contributed by atoms with Gasteiger partial charge in [-0.15, -0.1) is 5.10 Å². The number of aromatic nitrogens is 7. The quantitative estimate of drug-likeness (QED) is 0.135. The first kappa shape index (κ1) is 41.3. The average Bonchev–Trinajstić information content (AvgIpc) is 4.02. The summed E-state index contributed by atoms with van der Waals surface area (Å²) in [5, 5.41) is 19.4. The van der Waals surface area contributed by atoms with E-state index in [9.17, 15) is 24.3 Å². The Kier molecular flexibility index (Phi) is 11.7. The highest BCUT2D eigenvalue weighted by atomic mass is 16.6. The third kappa shape index (κ3) is 8.23. The predicted octanol–water partition coefficient (Wildman–Crippen LogP) is 2.97. The van der Waals surface area contributed by atoms with Gasteiger partial charge in [-0.25, -0.2) is 14.3 Å². The van der Waals surface area contributed by atoms with Gasteiger partial charge in [0.2, 0.25) is 0 Å². The fourth-order valence-electron chi connectivity index (χ4n) is 7.85. The Morgan fingerprint density at radius 2 is 1.28 bits per heavy atom. The van der Waals surface area contributed by atoms with Crippen LogP contribution in [0.5, 0.6) is 11.5 Å². The van der Waals surface area contributed by atoms with E-state index in [2.05, 4.69) is 20.3 Å². The van der Waals surface area contributed by atoms with E-state index in [-0.39, 0.29) is 26.2 Å². The van der Waals surface area contributed by atoms with Crippen molar-refractivity contribution in [3.05, 3.63) is 173 Å². The average molecular weight is 836 g/mol. The van der Waals surface area contributed by atoms with Gasteiger partial charge in [-0.1, -0.05) is 59.8 Å². The van der Waals surface area contributed by atoms with Gasteiger partial charge < -0.3 is 33.5 Å². The Balaban J connectivity index is 1.08. The number of aliphatic hydroxyl groups excluding tert-OH is 1. The molecule has 2 saturated heterocycles. The van der Waals surface area contributed by atoms with E-state index in [1.54, 1.807) is 34.3 Å². The molecular weight excluding hydrogens is 791 g/mol. The standard InChI is InChI=1S/C43H45N7O11/c1-25-20-49(41(54)44-39(25)52)36-18-33(51)38(61-36)32-22-48(47-46-32)24-58-34-19-37(50-21-26(2)40(53)45-42(50)55)60-35(34)23-59-43(27-8-6-5-7-9-27,28-10-14-30(56-3)15-11-28)29-12-16-31(57-4)17-13-29/h5-17,20-22,33-38,51H,18-19,23-24H2,1-4H3,(H,44,52,54)(H,45,53,55)/t33-,34-,35+,36+,37+,38+/m0/s1. The highest BCUT2D eigenvalue weighted by Crippen LogP contribution is 2.43. The molecule has 18 heteroatoms. The zero-order valence-electron chi connectivity index (χ0n) is 33.8. The van der Waals surface area contributed by atoms with Crippen molar-refractivity contribution in [3.63, 3.8) is 0 Å². The molecule has 0 unspecified atom stereocenters. The second-order valence-electron chi connectivity index (χ2n) is 15.0. The molecule has 2 aliphatic heterocycles. The molecule has 318 valence electrons. The summed E-state index contributed by atoms with van der Waals surface area (Å²) < 4.78 is 41.2. The lowest BCUT2D eigenvalue weighted by Crippen LogP contribution is -2.39. The lowest BCUT2D eigenvalue weighted by Gasteiger charge is -2.37. The first-order valence-corrected chi connectivity index (χ1v) is 19.6. The van der Waals surface area contributed by atoms with Crippen molar-refractivity contribution in [2.24, 2.45) is 0 Å². The molecule has 5 heterocycles. The monoisotopic (exact) mass is 835 g/mol. The maximum Gasteiger partial charge on any atom is 0.330 e. The first-order valence-electron chi connectivity index (χ1n) is 19.6. The Bertz CT molecular complexity index is 2660. The summed E-state index contributed by atoms with van der Waals surface area (Å²) in [4.78, 5) is 54.5. The molecule has 8 rings (SSSR count). The number of rotatable bonds is 14. The van der Waals surface area contributed by atoms with E-state index in [1.165, 1.54) is 26.2 Å². The molecule has 0 saturated carbocycles. The molecule has 0 amide bonds. The summed E-state index contributed by atoms with van der Waals surface area (Å²) in [6, 6.07) is 25.0. The fraction of sp³-hybridized carbons (Fsp3) is 0.349. The molecule has 2 aliphatic rings. The summed E-state index contributed by atoms with van der Waals surface area (Å²) in [6.07, 6.45) is -0.374. The zero-order chi connectivity index (χ0) is 42.8. The fourth-order valence-corrected chi connectivity index (χ4v) is 7.85. The van der Waals surface area contributed by atoms with Gasteiger partial charge in [-0.3, -0.25) is 28.7 Å². The van der Waals surface area contributed by atoms with Crippen LogP contribution in [0.3, 0.4) is 0 Å². The van der Waals surface area contributed by atoms with Crippen LogP contribution in [0, 0.1) is 13.8 Å². The van der Waals surface area contributed by atoms with Crippen LogP contribution in [0.25, 0.3) is 0 Å². The number of hydrogen-bond donors (Lipinski definition) is 3. The van der Waals surface area contributed by atoms with E-state index >= 15 is 0 Å². The Hall–Kier alpha value is -6.44. The van der Waals surface area contributed by atoms with E-state index in [1.807, 2.05) is 78.9 Å². The van der Waals surface area contributed by atoms with E-state index in [0.717, 1.165) is 16.7 Å². The maximum atomic E-state index is 13.1. The molecule has 0 bridgehead atoms. The number of H-pyrrole nitrogens is 2.